The summed E-state index contributed by atoms with van der Waals surface area (Å²) in [5.74, 6) is 2.07. The molecule has 0 radical (unpaired) electrons. The van der Waals surface area contributed by atoms with Gasteiger partial charge in [-0.2, -0.15) is 0 Å². The number of hydrogen-bond donors (Lipinski definition) is 0. The average molecular weight is 410 g/mol. The molecule has 0 unspecified atom stereocenters. The van der Waals surface area contributed by atoms with Crippen LogP contribution in [0, 0.1) is 5.92 Å². The van der Waals surface area contributed by atoms with E-state index in [1.165, 1.54) is 32.8 Å². The Balaban J connectivity index is 1.61. The molecule has 2 fully saturated rings. The summed E-state index contributed by atoms with van der Waals surface area (Å²) in [5, 5.41) is 0. The molecule has 1 saturated heterocycles. The number of benzene rings is 1. The highest BCUT2D eigenvalue weighted by Gasteiger charge is 2.45. The Kier molecular flexibility index (Phi) is 4.91. The van der Waals surface area contributed by atoms with Gasteiger partial charge in [0.1, 0.15) is 19.3 Å². The van der Waals surface area contributed by atoms with Crippen molar-refractivity contribution >= 4 is 21.9 Å². The second-order valence-corrected chi connectivity index (χ2v) is 8.00. The van der Waals surface area contributed by atoms with Gasteiger partial charge in [0.05, 0.1) is 7.11 Å². The summed E-state index contributed by atoms with van der Waals surface area (Å²) in [6, 6.07) is 4.35. The van der Waals surface area contributed by atoms with Crippen LogP contribution in [-0.2, 0) is 16.1 Å². The largest absolute Gasteiger partial charge is 0.486 e. The van der Waals surface area contributed by atoms with Crippen LogP contribution < -0.4 is 9.47 Å². The minimum absolute atomic E-state index is 0.108. The molecule has 1 aliphatic carbocycles. The molecule has 2 heterocycles. The zero-order chi connectivity index (χ0) is 17.4. The number of fused-ring (bicyclic) bond motifs is 2. The Morgan fingerprint density at radius 2 is 1.96 bits per heavy atom. The van der Waals surface area contributed by atoms with E-state index in [4.69, 9.17) is 14.2 Å². The van der Waals surface area contributed by atoms with Crippen molar-refractivity contribution in [2.45, 2.75) is 50.7 Å². The number of ether oxygens (including phenoxy) is 3. The van der Waals surface area contributed by atoms with Crippen LogP contribution in [0.25, 0.3) is 0 Å². The van der Waals surface area contributed by atoms with Crippen LogP contribution in [0.4, 0.5) is 0 Å². The Labute approximate surface area is 156 Å². The molecule has 2 aliphatic heterocycles. The van der Waals surface area contributed by atoms with Crippen molar-refractivity contribution in [3.63, 3.8) is 0 Å². The number of halogens is 1. The van der Waals surface area contributed by atoms with E-state index in [1.807, 2.05) is 12.1 Å². The predicted octanol–water partition coefficient (Wildman–Crippen LogP) is 3.53. The summed E-state index contributed by atoms with van der Waals surface area (Å²) in [6.45, 7) is 1.88. The van der Waals surface area contributed by atoms with Crippen molar-refractivity contribution in [3.8, 4) is 11.5 Å². The normalized spacial score (nSPS) is 28.5. The monoisotopic (exact) mass is 409 g/mol. The zero-order valence-electron chi connectivity index (χ0n) is 14.5. The summed E-state index contributed by atoms with van der Waals surface area (Å²) in [5.41, 5.74) is 1.13. The van der Waals surface area contributed by atoms with Gasteiger partial charge in [-0.25, -0.2) is 0 Å². The number of carbonyl (C=O) groups is 1. The van der Waals surface area contributed by atoms with Gasteiger partial charge in [0, 0.05) is 17.1 Å². The second-order valence-electron chi connectivity index (χ2n) is 7.15. The summed E-state index contributed by atoms with van der Waals surface area (Å²) < 4.78 is 17.5. The van der Waals surface area contributed by atoms with Crippen molar-refractivity contribution in [3.05, 3.63) is 22.2 Å². The Morgan fingerprint density at radius 1 is 1.24 bits per heavy atom. The number of methoxy groups -OCH3 is 1. The van der Waals surface area contributed by atoms with Gasteiger partial charge in [-0.3, -0.25) is 9.69 Å². The van der Waals surface area contributed by atoms with Crippen molar-refractivity contribution in [2.24, 2.45) is 5.92 Å². The zero-order valence-corrected chi connectivity index (χ0v) is 16.1. The summed E-state index contributed by atoms with van der Waals surface area (Å²) in [6.07, 6.45) is 5.82. The van der Waals surface area contributed by atoms with Crippen LogP contribution in [0.1, 0.15) is 37.7 Å². The number of likely N-dealkylation sites (tertiary alicyclic amines) is 1. The molecule has 0 amide bonds. The van der Waals surface area contributed by atoms with E-state index in [1.54, 1.807) is 0 Å². The lowest BCUT2D eigenvalue weighted by atomic mass is 9.84. The highest BCUT2D eigenvalue weighted by atomic mass is 79.9. The summed E-state index contributed by atoms with van der Waals surface area (Å²) in [4.78, 5) is 14.7. The van der Waals surface area contributed by atoms with Gasteiger partial charge in [0.15, 0.2) is 11.5 Å². The minimum Gasteiger partial charge on any atom is -0.486 e. The number of nitrogens with zero attached hydrogens (tertiary/aromatic N) is 1. The smallest absolute Gasteiger partial charge is 0.323 e. The third-order valence-electron chi connectivity index (χ3n) is 5.76. The Bertz CT molecular complexity index is 665. The van der Waals surface area contributed by atoms with Gasteiger partial charge in [-0.05, 0) is 42.9 Å². The maximum absolute atomic E-state index is 12.4. The minimum atomic E-state index is -0.141. The molecule has 25 heavy (non-hydrogen) atoms. The highest BCUT2D eigenvalue weighted by molar-refractivity contribution is 9.10. The van der Waals surface area contributed by atoms with Crippen molar-refractivity contribution in [2.75, 3.05) is 20.3 Å². The van der Waals surface area contributed by atoms with Gasteiger partial charge in [-0.15, -0.1) is 0 Å². The van der Waals surface area contributed by atoms with Crippen LogP contribution in [-0.4, -0.2) is 43.3 Å². The van der Waals surface area contributed by atoms with Crippen LogP contribution in [0.3, 0.4) is 0 Å². The van der Waals surface area contributed by atoms with E-state index in [2.05, 4.69) is 20.8 Å². The third-order valence-corrected chi connectivity index (χ3v) is 6.50. The van der Waals surface area contributed by atoms with E-state index in [9.17, 15) is 4.79 Å². The fraction of sp³-hybridized carbons (Fsp3) is 0.632. The van der Waals surface area contributed by atoms with Gasteiger partial charge < -0.3 is 14.2 Å². The third kappa shape index (κ3) is 3.26. The molecule has 0 N–H and O–H groups in total. The van der Waals surface area contributed by atoms with Crippen LogP contribution in [0.5, 0.6) is 11.5 Å². The molecule has 0 bridgehead atoms. The van der Waals surface area contributed by atoms with Gasteiger partial charge in [-0.1, -0.05) is 28.8 Å². The van der Waals surface area contributed by atoms with Crippen molar-refractivity contribution in [1.29, 1.82) is 0 Å². The number of carbonyl (C=O) groups excluding carboxylic acids is 1. The second kappa shape index (κ2) is 7.16. The molecule has 5 nitrogen and oxygen atoms in total. The molecule has 3 aliphatic rings. The van der Waals surface area contributed by atoms with Crippen LogP contribution in [0.2, 0.25) is 0 Å². The fourth-order valence-electron chi connectivity index (χ4n) is 4.57. The van der Waals surface area contributed by atoms with E-state index < -0.39 is 0 Å². The lowest BCUT2D eigenvalue weighted by Crippen LogP contribution is -2.42. The first-order valence-corrected chi connectivity index (χ1v) is 9.88. The topological polar surface area (TPSA) is 48.0 Å². The van der Waals surface area contributed by atoms with E-state index >= 15 is 0 Å². The number of rotatable bonds is 3. The standard InChI is InChI=1S/C19H24BrNO4/c1-23-19(22)16-8-12-4-2-3-5-15(12)21(16)11-13-9-17-18(10-14(13)20)25-7-6-24-17/h9-10,12,15-16H,2-8,11H2,1H3/t12-,15+,16-/m0/s1. The lowest BCUT2D eigenvalue weighted by molar-refractivity contribution is -0.146. The maximum Gasteiger partial charge on any atom is 0.323 e. The maximum atomic E-state index is 12.4. The average Bonchev–Trinajstić information content (AvgIpc) is 3.00. The summed E-state index contributed by atoms with van der Waals surface area (Å²) in [7, 11) is 1.49. The highest BCUT2D eigenvalue weighted by Crippen LogP contribution is 2.42. The molecule has 0 aromatic heterocycles. The fourth-order valence-corrected chi connectivity index (χ4v) is 5.02. The quantitative estimate of drug-likeness (QED) is 0.714. The number of esters is 1. The molecule has 6 heteroatoms. The molecular weight excluding hydrogens is 386 g/mol. The van der Waals surface area contributed by atoms with Crippen LogP contribution in [0.15, 0.2) is 16.6 Å². The van der Waals surface area contributed by atoms with E-state index in [-0.39, 0.29) is 12.0 Å². The predicted molar refractivity (Wildman–Crippen MR) is 96.8 cm³/mol. The Morgan fingerprint density at radius 3 is 2.72 bits per heavy atom. The van der Waals surface area contributed by atoms with Crippen molar-refractivity contribution < 1.29 is 19.0 Å². The molecular formula is C19H24BrNO4. The first-order valence-electron chi connectivity index (χ1n) is 9.09. The molecule has 4 rings (SSSR count). The molecule has 0 spiro atoms. The lowest BCUT2D eigenvalue weighted by Gasteiger charge is -2.33. The number of hydrogen-bond acceptors (Lipinski definition) is 5. The molecule has 136 valence electrons. The first-order chi connectivity index (χ1) is 12.2. The van der Waals surface area contributed by atoms with Gasteiger partial charge in [0.25, 0.3) is 0 Å². The summed E-state index contributed by atoms with van der Waals surface area (Å²) >= 11 is 3.67. The molecule has 1 aromatic carbocycles. The first kappa shape index (κ1) is 17.2. The van der Waals surface area contributed by atoms with Crippen LogP contribution >= 0.6 is 15.9 Å². The Hall–Kier alpha value is -1.27. The van der Waals surface area contributed by atoms with Gasteiger partial charge >= 0.3 is 5.97 Å². The SMILES string of the molecule is COC(=O)[C@@H]1C[C@@H]2CCCC[C@H]2N1Cc1cc2c(cc1Br)OCCO2. The van der Waals surface area contributed by atoms with E-state index in [0.29, 0.717) is 25.2 Å². The van der Waals surface area contributed by atoms with E-state index in [0.717, 1.165) is 34.5 Å². The molecule has 3 atom stereocenters. The molecule has 1 saturated carbocycles. The van der Waals surface area contributed by atoms with Crippen molar-refractivity contribution in [1.82, 2.24) is 4.90 Å². The van der Waals surface area contributed by atoms with Gasteiger partial charge in [0.2, 0.25) is 0 Å². The molecule has 1 aromatic rings.